The lowest BCUT2D eigenvalue weighted by atomic mass is 10.2. The number of nitro benzene ring substituents is 1. The van der Waals surface area contributed by atoms with Crippen LogP contribution in [-0.2, 0) is 25.3 Å². The highest BCUT2D eigenvalue weighted by Gasteiger charge is 2.33. The van der Waals surface area contributed by atoms with Gasteiger partial charge in [-0.25, -0.2) is 4.79 Å². The molecule has 34 heavy (non-hydrogen) atoms. The van der Waals surface area contributed by atoms with E-state index in [9.17, 15) is 37.7 Å². The van der Waals surface area contributed by atoms with Crippen LogP contribution in [0.3, 0.4) is 0 Å². The fourth-order valence-corrected chi connectivity index (χ4v) is 2.75. The molecule has 0 aliphatic carbocycles. The van der Waals surface area contributed by atoms with Gasteiger partial charge < -0.3 is 15.0 Å². The zero-order chi connectivity index (χ0) is 25.5. The van der Waals surface area contributed by atoms with Gasteiger partial charge in [-0.2, -0.15) is 13.2 Å². The number of halogens is 4. The molecule has 0 fully saturated rings. The summed E-state index contributed by atoms with van der Waals surface area (Å²) in [6, 6.07) is 8.29. The summed E-state index contributed by atoms with van der Waals surface area (Å²) in [6.45, 7) is -1.23. The van der Waals surface area contributed by atoms with E-state index in [4.69, 9.17) is 16.3 Å². The lowest BCUT2D eigenvalue weighted by Gasteiger charge is -2.17. The van der Waals surface area contributed by atoms with Crippen molar-refractivity contribution in [1.29, 1.82) is 0 Å². The van der Waals surface area contributed by atoms with Gasteiger partial charge in [0.2, 0.25) is 5.91 Å². The van der Waals surface area contributed by atoms with Crippen molar-refractivity contribution in [1.82, 2.24) is 4.90 Å². The summed E-state index contributed by atoms with van der Waals surface area (Å²) in [5.74, 6) is -2.44. The van der Waals surface area contributed by atoms with Crippen molar-refractivity contribution in [2.24, 2.45) is 0 Å². The number of benzene rings is 2. The van der Waals surface area contributed by atoms with Gasteiger partial charge in [0.25, 0.3) is 11.6 Å². The summed E-state index contributed by atoms with van der Waals surface area (Å²) in [5, 5.41) is 12.4. The molecule has 0 saturated heterocycles. The number of esters is 1. The molecule has 1 N–H and O–H groups in total. The van der Waals surface area contributed by atoms with Crippen molar-refractivity contribution >= 4 is 46.8 Å². The molecule has 0 saturated carbocycles. The Morgan fingerprint density at radius 1 is 1.21 bits per heavy atom. The SMILES string of the molecule is CN(CC(=O)Nc1ccc(Cl)c(C(F)(F)F)c1)C(=O)COC(=O)/C=C/c1cccc([N+](=O)[O-])c1. The summed E-state index contributed by atoms with van der Waals surface area (Å²) >= 11 is 5.52. The molecule has 2 aromatic rings. The number of alkyl halides is 3. The molecule has 0 unspecified atom stereocenters. The second-order valence-corrected chi connectivity index (χ2v) is 7.19. The molecule has 180 valence electrons. The maximum atomic E-state index is 12.9. The van der Waals surface area contributed by atoms with Crippen molar-refractivity contribution in [2.45, 2.75) is 6.18 Å². The minimum Gasteiger partial charge on any atom is -0.452 e. The number of amides is 2. The molecule has 2 aromatic carbocycles. The maximum Gasteiger partial charge on any atom is 0.417 e. The molecule has 0 aliphatic rings. The standard InChI is InChI=1S/C21H17ClF3N3O6/c1-27(11-18(29)26-14-6-7-17(22)16(10-14)21(23,24)25)19(30)12-34-20(31)8-5-13-3-2-4-15(9-13)28(32)33/h2-10H,11-12H2,1H3,(H,26,29)/b8-5+. The van der Waals surface area contributed by atoms with Gasteiger partial charge in [-0.1, -0.05) is 23.7 Å². The lowest BCUT2D eigenvalue weighted by Crippen LogP contribution is -2.37. The van der Waals surface area contributed by atoms with Gasteiger partial charge in [0.1, 0.15) is 0 Å². The third kappa shape index (κ3) is 7.89. The zero-order valence-corrected chi connectivity index (χ0v) is 18.2. The molecule has 0 bridgehead atoms. The molecule has 13 heteroatoms. The van der Waals surface area contributed by atoms with Crippen molar-refractivity contribution < 1.29 is 37.2 Å². The molecule has 9 nitrogen and oxygen atoms in total. The summed E-state index contributed by atoms with van der Waals surface area (Å²) in [6.07, 6.45) is -2.48. The Kier molecular flexibility index (Phi) is 8.73. The van der Waals surface area contributed by atoms with Gasteiger partial charge in [0, 0.05) is 30.9 Å². The number of rotatable bonds is 8. The molecule has 2 amide bonds. The third-order valence-electron chi connectivity index (χ3n) is 4.19. The van der Waals surface area contributed by atoms with Crippen LogP contribution in [0.2, 0.25) is 5.02 Å². The number of nitro groups is 1. The normalized spacial score (nSPS) is 11.2. The van der Waals surface area contributed by atoms with E-state index in [0.29, 0.717) is 11.6 Å². The summed E-state index contributed by atoms with van der Waals surface area (Å²) in [7, 11) is 1.23. The van der Waals surface area contributed by atoms with Gasteiger partial charge in [-0.15, -0.1) is 0 Å². The number of carbonyl (C=O) groups excluding carboxylic acids is 3. The van der Waals surface area contributed by atoms with E-state index in [1.165, 1.54) is 43.5 Å². The third-order valence-corrected chi connectivity index (χ3v) is 4.52. The first-order valence-electron chi connectivity index (χ1n) is 9.36. The molecule has 0 heterocycles. The Bertz CT molecular complexity index is 1140. The first-order valence-corrected chi connectivity index (χ1v) is 9.74. The predicted molar refractivity (Wildman–Crippen MR) is 116 cm³/mol. The van der Waals surface area contributed by atoms with E-state index in [0.717, 1.165) is 17.0 Å². The van der Waals surface area contributed by atoms with E-state index in [-0.39, 0.29) is 11.4 Å². The summed E-state index contributed by atoms with van der Waals surface area (Å²) in [4.78, 5) is 47.0. The number of carbonyl (C=O) groups is 3. The number of non-ortho nitro benzene ring substituents is 1. The van der Waals surface area contributed by atoms with Crippen molar-refractivity contribution in [3.63, 3.8) is 0 Å². The quantitative estimate of drug-likeness (QED) is 0.254. The van der Waals surface area contributed by atoms with E-state index >= 15 is 0 Å². The fourth-order valence-electron chi connectivity index (χ4n) is 2.52. The van der Waals surface area contributed by atoms with Crippen LogP contribution in [0.1, 0.15) is 11.1 Å². The van der Waals surface area contributed by atoms with Crippen LogP contribution in [0.5, 0.6) is 0 Å². The van der Waals surface area contributed by atoms with E-state index in [2.05, 4.69) is 5.32 Å². The second-order valence-electron chi connectivity index (χ2n) is 6.78. The molecule has 0 aliphatic heterocycles. The van der Waals surface area contributed by atoms with Gasteiger partial charge >= 0.3 is 12.1 Å². The molecule has 2 rings (SSSR count). The van der Waals surface area contributed by atoms with Crippen LogP contribution in [0.25, 0.3) is 6.08 Å². The summed E-state index contributed by atoms with van der Waals surface area (Å²) in [5.41, 5.74) is -1.09. The molecule has 0 aromatic heterocycles. The predicted octanol–water partition coefficient (Wildman–Crippen LogP) is 3.92. The highest BCUT2D eigenvalue weighted by molar-refractivity contribution is 6.31. The number of likely N-dealkylation sites (N-methyl/N-ethyl adjacent to an activating group) is 1. The van der Waals surface area contributed by atoms with Crippen LogP contribution >= 0.6 is 11.6 Å². The van der Waals surface area contributed by atoms with E-state index in [1.807, 2.05) is 0 Å². The van der Waals surface area contributed by atoms with Crippen LogP contribution in [0.15, 0.2) is 48.5 Å². The Hall–Kier alpha value is -3.93. The Morgan fingerprint density at radius 3 is 2.56 bits per heavy atom. The number of anilines is 1. The topological polar surface area (TPSA) is 119 Å². The smallest absolute Gasteiger partial charge is 0.417 e. The number of ether oxygens (including phenoxy) is 1. The van der Waals surface area contributed by atoms with Gasteiger partial charge in [0.05, 0.1) is 22.1 Å². The number of hydrogen-bond donors (Lipinski definition) is 1. The lowest BCUT2D eigenvalue weighted by molar-refractivity contribution is -0.384. The van der Waals surface area contributed by atoms with Crippen LogP contribution in [0.4, 0.5) is 24.5 Å². The van der Waals surface area contributed by atoms with Crippen molar-refractivity contribution in [2.75, 3.05) is 25.5 Å². The maximum absolute atomic E-state index is 12.9. The average molecular weight is 500 g/mol. The Morgan fingerprint density at radius 2 is 1.91 bits per heavy atom. The number of nitrogens with zero attached hydrogens (tertiary/aromatic N) is 2. The minimum absolute atomic E-state index is 0.166. The number of nitrogens with one attached hydrogen (secondary N) is 1. The summed E-state index contributed by atoms with van der Waals surface area (Å²) < 4.78 is 43.5. The highest BCUT2D eigenvalue weighted by Crippen LogP contribution is 2.36. The van der Waals surface area contributed by atoms with Crippen LogP contribution in [0, 0.1) is 10.1 Å². The van der Waals surface area contributed by atoms with Gasteiger partial charge in [-0.3, -0.25) is 19.7 Å². The average Bonchev–Trinajstić information content (AvgIpc) is 2.76. The Labute approximate surface area is 195 Å². The van der Waals surface area contributed by atoms with Gasteiger partial charge in [-0.05, 0) is 29.8 Å². The molecule has 0 spiro atoms. The minimum atomic E-state index is -4.71. The van der Waals surface area contributed by atoms with Crippen molar-refractivity contribution in [3.8, 4) is 0 Å². The first kappa shape index (κ1) is 26.3. The van der Waals surface area contributed by atoms with Gasteiger partial charge in [0.15, 0.2) is 6.61 Å². The molecular formula is C21H17ClF3N3O6. The molecule has 0 atom stereocenters. The first-order chi connectivity index (χ1) is 15.9. The number of hydrogen-bond acceptors (Lipinski definition) is 6. The largest absolute Gasteiger partial charge is 0.452 e. The van der Waals surface area contributed by atoms with Crippen molar-refractivity contribution in [3.05, 3.63) is 74.8 Å². The highest BCUT2D eigenvalue weighted by atomic mass is 35.5. The van der Waals surface area contributed by atoms with E-state index < -0.39 is 52.6 Å². The zero-order valence-electron chi connectivity index (χ0n) is 17.5. The monoisotopic (exact) mass is 499 g/mol. The Balaban J connectivity index is 1.85. The fraction of sp³-hybridized carbons (Fsp3) is 0.190. The second kappa shape index (κ2) is 11.3. The molecular weight excluding hydrogens is 483 g/mol. The van der Waals surface area contributed by atoms with Crippen LogP contribution < -0.4 is 5.32 Å². The van der Waals surface area contributed by atoms with Crippen LogP contribution in [-0.4, -0.2) is 47.8 Å². The molecule has 0 radical (unpaired) electrons. The van der Waals surface area contributed by atoms with E-state index in [1.54, 1.807) is 0 Å².